The number of carbonyl (C=O) groups is 1. The minimum atomic E-state index is -4.49. The number of anilines is 1. The van der Waals surface area contributed by atoms with Gasteiger partial charge in [-0.1, -0.05) is 12.1 Å². The van der Waals surface area contributed by atoms with Crippen molar-refractivity contribution in [1.29, 1.82) is 0 Å². The lowest BCUT2D eigenvalue weighted by molar-refractivity contribution is -0.137. The minimum Gasteiger partial charge on any atom is -0.463 e. The van der Waals surface area contributed by atoms with Gasteiger partial charge in [0.15, 0.2) is 20.6 Å². The van der Waals surface area contributed by atoms with E-state index in [0.29, 0.717) is 18.5 Å². The quantitative estimate of drug-likeness (QED) is 0.306. The molecule has 13 heteroatoms. The number of rotatable bonds is 9. The van der Waals surface area contributed by atoms with E-state index in [4.69, 9.17) is 14.9 Å². The summed E-state index contributed by atoms with van der Waals surface area (Å²) < 4.78 is 75.0. The first-order valence-electron chi connectivity index (χ1n) is 11.4. The van der Waals surface area contributed by atoms with Crippen molar-refractivity contribution in [2.45, 2.75) is 36.5 Å². The standard InChI is InChI=1S/C24H25F3N4O5S/c1-3-29-22-30-19(17-8-5-10-35-17)18(20(31-22)37(2,33)34)21(32)36-11-9-16-13-23(16,28)14-6-4-7-15(12-14)24(25,26)27/h4-8,10,12,16H,3,9,11,13,28H2,1-2H3,(H,29,30,31). The summed E-state index contributed by atoms with van der Waals surface area (Å²) in [7, 11) is -3.98. The molecule has 9 nitrogen and oxygen atoms in total. The van der Waals surface area contributed by atoms with Crippen molar-refractivity contribution >= 4 is 21.8 Å². The van der Waals surface area contributed by atoms with E-state index in [1.807, 2.05) is 0 Å². The van der Waals surface area contributed by atoms with Gasteiger partial charge in [-0.2, -0.15) is 13.2 Å². The number of nitrogens with one attached hydrogen (secondary N) is 1. The zero-order valence-corrected chi connectivity index (χ0v) is 20.8. The monoisotopic (exact) mass is 538 g/mol. The molecule has 0 saturated heterocycles. The number of carbonyl (C=O) groups excluding carboxylic acids is 1. The molecule has 4 rings (SSSR count). The molecule has 0 aliphatic heterocycles. The maximum Gasteiger partial charge on any atom is 0.416 e. The highest BCUT2D eigenvalue weighted by atomic mass is 32.2. The molecular formula is C24H25F3N4O5S. The van der Waals surface area contributed by atoms with Crippen molar-refractivity contribution in [1.82, 2.24) is 9.97 Å². The van der Waals surface area contributed by atoms with Crippen LogP contribution in [0, 0.1) is 5.92 Å². The number of benzene rings is 1. The molecule has 198 valence electrons. The molecule has 2 aromatic heterocycles. The van der Waals surface area contributed by atoms with Crippen LogP contribution in [0.4, 0.5) is 19.1 Å². The molecule has 1 aliphatic carbocycles. The van der Waals surface area contributed by atoms with Crippen LogP contribution in [-0.2, 0) is 26.3 Å². The van der Waals surface area contributed by atoms with E-state index in [0.717, 1.165) is 18.4 Å². The van der Waals surface area contributed by atoms with Gasteiger partial charge >= 0.3 is 12.1 Å². The summed E-state index contributed by atoms with van der Waals surface area (Å²) in [6.45, 7) is 2.03. The maximum absolute atomic E-state index is 13.1. The van der Waals surface area contributed by atoms with E-state index < -0.39 is 38.1 Å². The van der Waals surface area contributed by atoms with E-state index in [9.17, 15) is 26.4 Å². The van der Waals surface area contributed by atoms with Crippen LogP contribution in [0.25, 0.3) is 11.5 Å². The Hall–Kier alpha value is -3.45. The first-order valence-corrected chi connectivity index (χ1v) is 13.3. The fourth-order valence-electron chi connectivity index (χ4n) is 4.13. The zero-order valence-electron chi connectivity index (χ0n) is 20.0. The topological polar surface area (TPSA) is 137 Å². The van der Waals surface area contributed by atoms with E-state index in [1.165, 1.54) is 18.4 Å². The van der Waals surface area contributed by atoms with Crippen LogP contribution in [0.2, 0.25) is 0 Å². The number of nitrogens with two attached hydrogens (primary N) is 1. The molecule has 2 unspecified atom stereocenters. The number of hydrogen-bond acceptors (Lipinski definition) is 9. The third-order valence-electron chi connectivity index (χ3n) is 6.10. The number of nitrogens with zero attached hydrogens (tertiary/aromatic N) is 2. The van der Waals surface area contributed by atoms with Gasteiger partial charge < -0.3 is 20.2 Å². The molecule has 1 fully saturated rings. The number of aromatic nitrogens is 2. The molecule has 0 amide bonds. The second-order valence-corrected chi connectivity index (χ2v) is 10.7. The summed E-state index contributed by atoms with van der Waals surface area (Å²) in [5, 5.41) is 2.31. The SMILES string of the molecule is CCNc1nc(-c2ccco2)c(C(=O)OCCC2CC2(N)c2cccc(C(F)(F)F)c2)c(S(C)(=O)=O)n1. The van der Waals surface area contributed by atoms with Crippen LogP contribution in [-0.4, -0.2) is 43.8 Å². The summed E-state index contributed by atoms with van der Waals surface area (Å²) >= 11 is 0. The van der Waals surface area contributed by atoms with Crippen molar-refractivity contribution < 1.29 is 35.5 Å². The summed E-state index contributed by atoms with van der Waals surface area (Å²) in [5.74, 6) is -1.06. The molecule has 2 heterocycles. The Labute approximate surface area is 211 Å². The Bertz CT molecular complexity index is 1410. The van der Waals surface area contributed by atoms with Crippen LogP contribution in [0.15, 0.2) is 52.1 Å². The number of ether oxygens (including phenoxy) is 1. The highest BCUT2D eigenvalue weighted by molar-refractivity contribution is 7.90. The lowest BCUT2D eigenvalue weighted by Gasteiger charge is -2.16. The van der Waals surface area contributed by atoms with Crippen molar-refractivity contribution in [2.24, 2.45) is 11.7 Å². The Kier molecular flexibility index (Phi) is 7.04. The number of sulfone groups is 1. The largest absolute Gasteiger partial charge is 0.463 e. The minimum absolute atomic E-state index is 0.00198. The molecule has 2 atom stereocenters. The average molecular weight is 539 g/mol. The lowest BCUT2D eigenvalue weighted by atomic mass is 9.99. The molecule has 3 aromatic rings. The van der Waals surface area contributed by atoms with E-state index >= 15 is 0 Å². The molecule has 3 N–H and O–H groups in total. The van der Waals surface area contributed by atoms with Crippen molar-refractivity contribution in [2.75, 3.05) is 24.7 Å². The number of alkyl halides is 3. The fraction of sp³-hybridized carbons (Fsp3) is 0.375. The van der Waals surface area contributed by atoms with Crippen molar-refractivity contribution in [3.8, 4) is 11.5 Å². The van der Waals surface area contributed by atoms with Gasteiger partial charge in [0.1, 0.15) is 11.3 Å². The Morgan fingerprint density at radius 3 is 2.65 bits per heavy atom. The van der Waals surface area contributed by atoms with Gasteiger partial charge in [0.2, 0.25) is 5.95 Å². The molecule has 0 spiro atoms. The van der Waals surface area contributed by atoms with Crippen LogP contribution >= 0.6 is 0 Å². The van der Waals surface area contributed by atoms with Crippen LogP contribution in [0.5, 0.6) is 0 Å². The number of furan rings is 1. The normalized spacial score (nSPS) is 19.5. The average Bonchev–Trinajstić information content (AvgIpc) is 3.22. The number of halogens is 3. The predicted molar refractivity (Wildman–Crippen MR) is 127 cm³/mol. The van der Waals surface area contributed by atoms with Gasteiger partial charge in [0, 0.05) is 18.3 Å². The van der Waals surface area contributed by atoms with Gasteiger partial charge in [-0.05, 0) is 55.5 Å². The van der Waals surface area contributed by atoms with Gasteiger partial charge in [0.05, 0.1) is 18.4 Å². The molecule has 1 aromatic carbocycles. The van der Waals surface area contributed by atoms with Gasteiger partial charge in [-0.15, -0.1) is 0 Å². The first-order chi connectivity index (χ1) is 17.3. The Morgan fingerprint density at radius 1 is 1.27 bits per heavy atom. The van der Waals surface area contributed by atoms with Gasteiger partial charge in [0.25, 0.3) is 0 Å². The highest BCUT2D eigenvalue weighted by Crippen LogP contribution is 2.52. The lowest BCUT2D eigenvalue weighted by Crippen LogP contribution is -2.24. The fourth-order valence-corrected chi connectivity index (χ4v) is 4.94. The molecule has 0 bridgehead atoms. The van der Waals surface area contributed by atoms with Crippen molar-refractivity contribution in [3.05, 3.63) is 59.4 Å². The van der Waals surface area contributed by atoms with Crippen molar-refractivity contribution in [3.63, 3.8) is 0 Å². The number of esters is 1. The van der Waals surface area contributed by atoms with E-state index in [2.05, 4.69) is 15.3 Å². The summed E-state index contributed by atoms with van der Waals surface area (Å²) in [5.41, 5.74) is 4.52. The Balaban J connectivity index is 1.53. The Morgan fingerprint density at radius 2 is 2.03 bits per heavy atom. The summed E-state index contributed by atoms with van der Waals surface area (Å²) in [6.07, 6.45) is -1.55. The third-order valence-corrected chi connectivity index (χ3v) is 7.10. The highest BCUT2D eigenvalue weighted by Gasteiger charge is 2.52. The van der Waals surface area contributed by atoms with Crippen LogP contribution in [0.1, 0.15) is 41.3 Å². The summed E-state index contributed by atoms with van der Waals surface area (Å²) in [6, 6.07) is 7.93. The zero-order chi connectivity index (χ0) is 27.0. The van der Waals surface area contributed by atoms with Crippen LogP contribution < -0.4 is 11.1 Å². The molecular weight excluding hydrogens is 513 g/mol. The smallest absolute Gasteiger partial charge is 0.416 e. The van der Waals surface area contributed by atoms with Crippen LogP contribution in [0.3, 0.4) is 0 Å². The predicted octanol–water partition coefficient (Wildman–Crippen LogP) is 4.01. The third kappa shape index (κ3) is 5.62. The number of hydrogen-bond donors (Lipinski definition) is 2. The molecule has 1 aliphatic rings. The van der Waals surface area contributed by atoms with Gasteiger partial charge in [-0.25, -0.2) is 23.2 Å². The summed E-state index contributed by atoms with van der Waals surface area (Å²) in [4.78, 5) is 21.4. The van der Waals surface area contributed by atoms with E-state index in [1.54, 1.807) is 19.1 Å². The second kappa shape index (κ2) is 9.78. The van der Waals surface area contributed by atoms with E-state index in [-0.39, 0.29) is 41.9 Å². The second-order valence-electron chi connectivity index (χ2n) is 8.80. The molecule has 37 heavy (non-hydrogen) atoms. The maximum atomic E-state index is 13.1. The molecule has 0 radical (unpaired) electrons. The molecule has 1 saturated carbocycles. The van der Waals surface area contributed by atoms with Gasteiger partial charge in [-0.3, -0.25) is 0 Å². The first kappa shape index (κ1) is 26.6.